The number of halogens is 3. The molecule has 8 heteroatoms. The molecule has 2 aromatic carbocycles. The van der Waals surface area contributed by atoms with Gasteiger partial charge in [-0.15, -0.1) is 24.8 Å². The van der Waals surface area contributed by atoms with Gasteiger partial charge in [0, 0.05) is 18.5 Å². The number of hydrogen-bond donors (Lipinski definition) is 2. The first-order chi connectivity index (χ1) is 13.6. The predicted molar refractivity (Wildman–Crippen MR) is 122 cm³/mol. The van der Waals surface area contributed by atoms with Gasteiger partial charge in [-0.1, -0.05) is 24.3 Å². The van der Waals surface area contributed by atoms with E-state index in [4.69, 9.17) is 0 Å². The molecule has 1 aliphatic rings. The number of rotatable bonds is 5. The molecule has 162 valence electrons. The van der Waals surface area contributed by atoms with Crippen LogP contribution in [0.5, 0.6) is 0 Å². The van der Waals surface area contributed by atoms with Crippen molar-refractivity contribution >= 4 is 41.8 Å². The third kappa shape index (κ3) is 5.50. The molecule has 2 N–H and O–H groups in total. The summed E-state index contributed by atoms with van der Waals surface area (Å²) in [6.07, 6.45) is 3.45. The number of para-hydroxylation sites is 2. The van der Waals surface area contributed by atoms with Crippen molar-refractivity contribution in [2.45, 2.75) is 38.4 Å². The molecule has 0 bridgehead atoms. The van der Waals surface area contributed by atoms with Crippen molar-refractivity contribution in [2.75, 3.05) is 6.54 Å². The topological polar surface area (TPSA) is 59.0 Å². The van der Waals surface area contributed by atoms with Crippen LogP contribution in [0.1, 0.15) is 31.4 Å². The number of nitrogens with one attached hydrogen (secondary N) is 2. The van der Waals surface area contributed by atoms with Crippen LogP contribution in [0.25, 0.3) is 11.0 Å². The Labute approximate surface area is 188 Å². The molecule has 1 fully saturated rings. The highest BCUT2D eigenvalue weighted by atomic mass is 35.5. The van der Waals surface area contributed by atoms with E-state index < -0.39 is 0 Å². The molecule has 1 aliphatic heterocycles. The fourth-order valence-electron chi connectivity index (χ4n) is 3.94. The van der Waals surface area contributed by atoms with Crippen molar-refractivity contribution in [2.24, 2.45) is 5.92 Å². The highest BCUT2D eigenvalue weighted by Crippen LogP contribution is 2.22. The Morgan fingerprint density at radius 3 is 2.70 bits per heavy atom. The average molecular weight is 453 g/mol. The number of aromatic nitrogens is 2. The predicted octanol–water partition coefficient (Wildman–Crippen LogP) is 4.26. The van der Waals surface area contributed by atoms with Crippen LogP contribution < -0.4 is 10.6 Å². The van der Waals surface area contributed by atoms with E-state index in [1.165, 1.54) is 12.1 Å². The molecule has 0 spiro atoms. The van der Waals surface area contributed by atoms with Gasteiger partial charge in [0.25, 0.3) is 0 Å². The van der Waals surface area contributed by atoms with Crippen LogP contribution >= 0.6 is 24.8 Å². The first-order valence-electron chi connectivity index (χ1n) is 9.79. The molecule has 1 amide bonds. The lowest BCUT2D eigenvalue weighted by Crippen LogP contribution is -2.43. The van der Waals surface area contributed by atoms with E-state index in [0.717, 1.165) is 36.0 Å². The van der Waals surface area contributed by atoms with Gasteiger partial charge >= 0.3 is 0 Å². The van der Waals surface area contributed by atoms with Gasteiger partial charge in [0.05, 0.1) is 23.4 Å². The Morgan fingerprint density at radius 2 is 1.97 bits per heavy atom. The van der Waals surface area contributed by atoms with E-state index in [1.54, 1.807) is 18.5 Å². The summed E-state index contributed by atoms with van der Waals surface area (Å²) in [7, 11) is 0. The van der Waals surface area contributed by atoms with Crippen molar-refractivity contribution in [3.63, 3.8) is 0 Å². The molecular formula is C22H27Cl2FN4O. The van der Waals surface area contributed by atoms with E-state index in [2.05, 4.69) is 22.5 Å². The van der Waals surface area contributed by atoms with Gasteiger partial charge in [0.1, 0.15) is 5.82 Å². The third-order valence-corrected chi connectivity index (χ3v) is 5.49. The molecule has 30 heavy (non-hydrogen) atoms. The number of nitrogens with zero attached hydrogens (tertiary/aromatic N) is 2. The van der Waals surface area contributed by atoms with E-state index in [1.807, 2.05) is 28.8 Å². The second-order valence-electron chi connectivity index (χ2n) is 7.57. The number of fused-ring (bicyclic) bond motifs is 1. The minimum absolute atomic E-state index is 0. The Morgan fingerprint density at radius 1 is 1.23 bits per heavy atom. The highest BCUT2D eigenvalue weighted by Gasteiger charge is 2.27. The first-order valence-corrected chi connectivity index (χ1v) is 9.79. The summed E-state index contributed by atoms with van der Waals surface area (Å²) in [4.78, 5) is 17.4. The normalized spacial score (nSPS) is 19.4. The molecule has 3 atom stereocenters. The van der Waals surface area contributed by atoms with E-state index in [0.29, 0.717) is 12.6 Å². The summed E-state index contributed by atoms with van der Waals surface area (Å²) in [5, 5.41) is 6.59. The van der Waals surface area contributed by atoms with Gasteiger partial charge < -0.3 is 15.2 Å². The zero-order valence-electron chi connectivity index (χ0n) is 16.8. The summed E-state index contributed by atoms with van der Waals surface area (Å²) in [6, 6.07) is 14.4. The Balaban J connectivity index is 0.00000160. The Hall–Kier alpha value is -2.15. The van der Waals surface area contributed by atoms with Crippen LogP contribution in [-0.4, -0.2) is 28.0 Å². The van der Waals surface area contributed by atoms with Gasteiger partial charge in [0.15, 0.2) is 0 Å². The van der Waals surface area contributed by atoms with E-state index >= 15 is 0 Å². The van der Waals surface area contributed by atoms with Crippen molar-refractivity contribution in [3.05, 3.63) is 66.2 Å². The van der Waals surface area contributed by atoms with Crippen LogP contribution in [0.3, 0.4) is 0 Å². The summed E-state index contributed by atoms with van der Waals surface area (Å²) >= 11 is 0. The monoisotopic (exact) mass is 452 g/mol. The molecule has 1 unspecified atom stereocenters. The fourth-order valence-corrected chi connectivity index (χ4v) is 3.94. The van der Waals surface area contributed by atoms with Crippen LogP contribution in [0.15, 0.2) is 54.9 Å². The number of imidazole rings is 1. The van der Waals surface area contributed by atoms with Gasteiger partial charge in [-0.25, -0.2) is 9.37 Å². The lowest BCUT2D eigenvalue weighted by Gasteiger charge is -2.29. The highest BCUT2D eigenvalue weighted by molar-refractivity contribution is 5.85. The van der Waals surface area contributed by atoms with Crippen LogP contribution in [0, 0.1) is 11.7 Å². The molecule has 0 saturated carbocycles. The second kappa shape index (κ2) is 10.8. The summed E-state index contributed by atoms with van der Waals surface area (Å²) in [6.45, 7) is 3.50. The van der Waals surface area contributed by atoms with Gasteiger partial charge in [-0.05, 0) is 56.1 Å². The zero-order chi connectivity index (χ0) is 19.5. The lowest BCUT2D eigenvalue weighted by atomic mass is 9.92. The zero-order valence-corrected chi connectivity index (χ0v) is 18.4. The Kier molecular flexibility index (Phi) is 8.65. The quantitative estimate of drug-likeness (QED) is 0.607. The molecule has 1 saturated heterocycles. The summed E-state index contributed by atoms with van der Waals surface area (Å²) in [5.74, 6) is -0.222. The molecular weight excluding hydrogens is 426 g/mol. The second-order valence-corrected chi connectivity index (χ2v) is 7.57. The minimum Gasteiger partial charge on any atom is -0.347 e. The maximum atomic E-state index is 13.4. The molecule has 0 radical (unpaired) electrons. The fraction of sp³-hybridized carbons (Fsp3) is 0.364. The maximum absolute atomic E-state index is 13.4. The van der Waals surface area contributed by atoms with Gasteiger partial charge in [-0.2, -0.15) is 0 Å². The van der Waals surface area contributed by atoms with Crippen molar-refractivity contribution in [1.82, 2.24) is 20.2 Å². The number of hydrogen-bond acceptors (Lipinski definition) is 3. The number of carbonyl (C=O) groups is 1. The SMILES string of the molecule is C[C@H]1C[C@@H](C(=O)NC(Cn2cnc3ccccc32)c2ccc(F)cc2)CCN1.Cl.Cl. The van der Waals surface area contributed by atoms with Crippen molar-refractivity contribution < 1.29 is 9.18 Å². The average Bonchev–Trinajstić information content (AvgIpc) is 3.11. The summed E-state index contributed by atoms with van der Waals surface area (Å²) < 4.78 is 15.5. The third-order valence-electron chi connectivity index (χ3n) is 5.49. The van der Waals surface area contributed by atoms with Crippen LogP contribution in [0.2, 0.25) is 0 Å². The first kappa shape index (κ1) is 24.1. The number of benzene rings is 2. The lowest BCUT2D eigenvalue weighted by molar-refractivity contribution is -0.127. The summed E-state index contributed by atoms with van der Waals surface area (Å²) in [5.41, 5.74) is 2.81. The Bertz CT molecular complexity index is 963. The maximum Gasteiger partial charge on any atom is 0.223 e. The molecule has 4 rings (SSSR count). The largest absolute Gasteiger partial charge is 0.347 e. The standard InChI is InChI=1S/C22H25FN4O.2ClH/c1-15-12-17(10-11-24-15)22(28)26-20(16-6-8-18(23)9-7-16)13-27-14-25-19-4-2-3-5-21(19)27;;/h2-9,14-15,17,20,24H,10-13H2,1H3,(H,26,28);2*1H/t15-,17-,20?;;/m0../s1. The minimum atomic E-state index is -0.283. The number of piperidine rings is 1. The van der Waals surface area contributed by atoms with Gasteiger partial charge in [0.2, 0.25) is 5.91 Å². The molecule has 5 nitrogen and oxygen atoms in total. The van der Waals surface area contributed by atoms with Crippen LogP contribution in [-0.2, 0) is 11.3 Å². The molecule has 1 aromatic heterocycles. The smallest absolute Gasteiger partial charge is 0.223 e. The number of amides is 1. The van der Waals surface area contributed by atoms with E-state index in [9.17, 15) is 9.18 Å². The molecule has 3 aromatic rings. The van der Waals surface area contributed by atoms with E-state index in [-0.39, 0.29) is 48.5 Å². The van der Waals surface area contributed by atoms with Crippen molar-refractivity contribution in [1.29, 1.82) is 0 Å². The molecule has 0 aliphatic carbocycles. The molecule has 2 heterocycles. The number of carbonyl (C=O) groups excluding carboxylic acids is 1. The van der Waals surface area contributed by atoms with Crippen LogP contribution in [0.4, 0.5) is 4.39 Å². The van der Waals surface area contributed by atoms with Gasteiger partial charge in [-0.3, -0.25) is 4.79 Å². The van der Waals surface area contributed by atoms with Crippen molar-refractivity contribution in [3.8, 4) is 0 Å².